The summed E-state index contributed by atoms with van der Waals surface area (Å²) in [6.45, 7) is 2.92. The number of nitrogens with zero attached hydrogens (tertiary/aromatic N) is 2. The monoisotopic (exact) mass is 599 g/mol. The minimum absolute atomic E-state index is 0.00258. The maximum Gasteiger partial charge on any atom is 0.264 e. The Morgan fingerprint density at radius 2 is 1.56 bits per heavy atom. The number of carbonyl (C=O) groups excluding carboxylic acids is 2. The molecule has 218 valence electrons. The van der Waals surface area contributed by atoms with Gasteiger partial charge in [-0.15, -0.1) is 0 Å². The van der Waals surface area contributed by atoms with Gasteiger partial charge >= 0.3 is 0 Å². The Balaban J connectivity index is 1.66. The van der Waals surface area contributed by atoms with Gasteiger partial charge in [0.2, 0.25) is 11.8 Å². The molecule has 0 saturated heterocycles. The van der Waals surface area contributed by atoms with Crippen molar-refractivity contribution >= 4 is 39.1 Å². The maximum absolute atomic E-state index is 14.0. The second-order valence-electron chi connectivity index (χ2n) is 10.5. The molecule has 0 aliphatic heterocycles. The van der Waals surface area contributed by atoms with Gasteiger partial charge in [-0.1, -0.05) is 60.7 Å². The average Bonchev–Trinajstić information content (AvgIpc) is 2.96. The van der Waals surface area contributed by atoms with Crippen LogP contribution < -0.4 is 9.62 Å². The number of halogens is 2. The van der Waals surface area contributed by atoms with Crippen LogP contribution in [-0.2, 0) is 26.2 Å². The average molecular weight is 600 g/mol. The molecule has 1 aliphatic carbocycles. The van der Waals surface area contributed by atoms with Gasteiger partial charge in [0, 0.05) is 17.6 Å². The lowest BCUT2D eigenvalue weighted by atomic mass is 9.95. The van der Waals surface area contributed by atoms with Crippen LogP contribution in [0.15, 0.2) is 77.7 Å². The normalized spacial score (nSPS) is 14.7. The van der Waals surface area contributed by atoms with Crippen molar-refractivity contribution in [2.75, 3.05) is 10.8 Å². The van der Waals surface area contributed by atoms with Crippen LogP contribution in [0.5, 0.6) is 0 Å². The third-order valence-corrected chi connectivity index (χ3v) is 9.43. The fourth-order valence-corrected chi connectivity index (χ4v) is 6.45. The molecule has 1 atom stereocenters. The van der Waals surface area contributed by atoms with E-state index in [9.17, 15) is 22.4 Å². The fraction of sp³-hybridized carbons (Fsp3) is 0.355. The fourth-order valence-electron chi connectivity index (χ4n) is 4.91. The molecule has 10 heteroatoms. The van der Waals surface area contributed by atoms with Gasteiger partial charge in [0.15, 0.2) is 0 Å². The van der Waals surface area contributed by atoms with E-state index < -0.39 is 34.3 Å². The summed E-state index contributed by atoms with van der Waals surface area (Å²) in [6, 6.07) is 17.3. The molecule has 3 aromatic rings. The summed E-state index contributed by atoms with van der Waals surface area (Å²) in [5.74, 6) is -1.31. The highest BCUT2D eigenvalue weighted by Crippen LogP contribution is 2.26. The molecular weight excluding hydrogens is 565 g/mol. The van der Waals surface area contributed by atoms with E-state index in [0.717, 1.165) is 42.0 Å². The van der Waals surface area contributed by atoms with Gasteiger partial charge in [0.05, 0.1) is 10.6 Å². The first kappa shape index (κ1) is 30.5. The lowest BCUT2D eigenvalue weighted by Gasteiger charge is -2.33. The molecule has 1 aliphatic rings. The van der Waals surface area contributed by atoms with E-state index in [1.54, 1.807) is 43.3 Å². The van der Waals surface area contributed by atoms with Crippen LogP contribution in [0.4, 0.5) is 10.1 Å². The molecule has 0 bridgehead atoms. The number of amides is 2. The Morgan fingerprint density at radius 3 is 2.17 bits per heavy atom. The Hall–Kier alpha value is -3.43. The largest absolute Gasteiger partial charge is 0.352 e. The van der Waals surface area contributed by atoms with E-state index in [1.165, 1.54) is 41.3 Å². The zero-order chi connectivity index (χ0) is 29.6. The predicted octanol–water partition coefficient (Wildman–Crippen LogP) is 5.85. The first-order valence-corrected chi connectivity index (χ1v) is 15.6. The van der Waals surface area contributed by atoms with Crippen LogP contribution in [0.3, 0.4) is 0 Å². The van der Waals surface area contributed by atoms with Gasteiger partial charge in [-0.3, -0.25) is 13.9 Å². The van der Waals surface area contributed by atoms with Crippen LogP contribution in [0.25, 0.3) is 0 Å². The van der Waals surface area contributed by atoms with Crippen LogP contribution in [0.2, 0.25) is 5.02 Å². The maximum atomic E-state index is 14.0. The summed E-state index contributed by atoms with van der Waals surface area (Å²) in [5.41, 5.74) is 1.75. The second kappa shape index (κ2) is 13.5. The Kier molecular flexibility index (Phi) is 10.0. The van der Waals surface area contributed by atoms with E-state index in [4.69, 9.17) is 11.6 Å². The van der Waals surface area contributed by atoms with Crippen molar-refractivity contribution in [1.29, 1.82) is 0 Å². The van der Waals surface area contributed by atoms with Gasteiger partial charge in [-0.2, -0.15) is 0 Å². The number of hydrogen-bond acceptors (Lipinski definition) is 4. The molecule has 0 aromatic heterocycles. The van der Waals surface area contributed by atoms with Crippen molar-refractivity contribution in [3.05, 3.63) is 94.8 Å². The summed E-state index contributed by atoms with van der Waals surface area (Å²) >= 11 is 6.06. The van der Waals surface area contributed by atoms with Crippen molar-refractivity contribution in [3.63, 3.8) is 0 Å². The molecular formula is C31H35ClFN3O4S. The standard InChI is InChI=1S/C31H35ClFN3O4S/c1-22-8-18-29(19-9-22)41(39,40)36(28-16-12-25(32)13-17-28)21-30(37)35(20-24-10-14-26(33)15-11-24)23(2)31(38)34-27-6-4-3-5-7-27/h8-19,23,27H,3-7,20-21H2,1-2H3,(H,34,38). The number of aryl methyl sites for hydroxylation is 1. The van der Waals surface area contributed by atoms with Crippen LogP contribution in [0.1, 0.15) is 50.2 Å². The van der Waals surface area contributed by atoms with E-state index in [2.05, 4.69) is 5.32 Å². The Morgan fingerprint density at radius 1 is 0.951 bits per heavy atom. The number of anilines is 1. The molecule has 0 spiro atoms. The number of rotatable bonds is 10. The van der Waals surface area contributed by atoms with Gasteiger partial charge in [-0.05, 0) is 80.8 Å². The molecule has 1 unspecified atom stereocenters. The number of nitrogens with one attached hydrogen (secondary N) is 1. The van der Waals surface area contributed by atoms with Crippen LogP contribution >= 0.6 is 11.6 Å². The SMILES string of the molecule is Cc1ccc(S(=O)(=O)N(CC(=O)N(Cc2ccc(F)cc2)C(C)C(=O)NC2CCCCC2)c2ccc(Cl)cc2)cc1. The third-order valence-electron chi connectivity index (χ3n) is 7.39. The van der Waals surface area contributed by atoms with E-state index in [1.807, 2.05) is 6.92 Å². The van der Waals surface area contributed by atoms with Gasteiger partial charge < -0.3 is 10.2 Å². The first-order chi connectivity index (χ1) is 19.5. The molecule has 1 N–H and O–H groups in total. The van der Waals surface area contributed by atoms with Crippen LogP contribution in [0, 0.1) is 12.7 Å². The third kappa shape index (κ3) is 7.86. The van der Waals surface area contributed by atoms with Gasteiger partial charge in [-0.25, -0.2) is 12.8 Å². The summed E-state index contributed by atoms with van der Waals surface area (Å²) < 4.78 is 42.3. The molecule has 1 saturated carbocycles. The quantitative estimate of drug-likeness (QED) is 0.317. The molecule has 0 radical (unpaired) electrons. The molecule has 4 rings (SSSR count). The lowest BCUT2D eigenvalue weighted by Crippen LogP contribution is -2.53. The second-order valence-corrected chi connectivity index (χ2v) is 12.8. The number of sulfonamides is 1. The minimum Gasteiger partial charge on any atom is -0.352 e. The van der Waals surface area contributed by atoms with Crippen LogP contribution in [-0.4, -0.2) is 43.8 Å². The highest BCUT2D eigenvalue weighted by Gasteiger charge is 2.33. The highest BCUT2D eigenvalue weighted by atomic mass is 35.5. The van der Waals surface area contributed by atoms with Crippen molar-refractivity contribution in [1.82, 2.24) is 10.2 Å². The first-order valence-electron chi connectivity index (χ1n) is 13.7. The van der Waals surface area contributed by atoms with Crippen molar-refractivity contribution < 1.29 is 22.4 Å². The van der Waals surface area contributed by atoms with Gasteiger partial charge in [0.25, 0.3) is 10.0 Å². The van der Waals surface area contributed by atoms with Gasteiger partial charge in [0.1, 0.15) is 18.4 Å². The number of carbonyl (C=O) groups is 2. The molecule has 41 heavy (non-hydrogen) atoms. The number of benzene rings is 3. The highest BCUT2D eigenvalue weighted by molar-refractivity contribution is 7.92. The minimum atomic E-state index is -4.17. The van der Waals surface area contributed by atoms with E-state index in [-0.39, 0.29) is 29.1 Å². The number of hydrogen-bond donors (Lipinski definition) is 1. The molecule has 2 amide bonds. The zero-order valence-corrected chi connectivity index (χ0v) is 24.8. The molecule has 3 aromatic carbocycles. The summed E-state index contributed by atoms with van der Waals surface area (Å²) in [7, 11) is -4.17. The van der Waals surface area contributed by atoms with Crippen molar-refractivity contribution in [2.45, 2.75) is 69.5 Å². The summed E-state index contributed by atoms with van der Waals surface area (Å²) in [6.07, 6.45) is 4.95. The Labute approximate surface area is 246 Å². The van der Waals surface area contributed by atoms with E-state index >= 15 is 0 Å². The Bertz CT molecular complexity index is 1440. The van der Waals surface area contributed by atoms with Crippen molar-refractivity contribution in [3.8, 4) is 0 Å². The predicted molar refractivity (Wildman–Crippen MR) is 159 cm³/mol. The summed E-state index contributed by atoms with van der Waals surface area (Å²) in [4.78, 5) is 28.7. The van der Waals surface area contributed by atoms with Crippen molar-refractivity contribution in [2.24, 2.45) is 0 Å². The summed E-state index contributed by atoms with van der Waals surface area (Å²) in [5, 5.41) is 3.48. The molecule has 0 heterocycles. The molecule has 7 nitrogen and oxygen atoms in total. The zero-order valence-electron chi connectivity index (χ0n) is 23.2. The molecule has 1 fully saturated rings. The topological polar surface area (TPSA) is 86.8 Å². The lowest BCUT2D eigenvalue weighted by molar-refractivity contribution is -0.139. The van der Waals surface area contributed by atoms with E-state index in [0.29, 0.717) is 10.6 Å². The smallest absolute Gasteiger partial charge is 0.264 e.